The summed E-state index contributed by atoms with van der Waals surface area (Å²) in [4.78, 5) is 0. The van der Waals surface area contributed by atoms with Crippen LogP contribution in [0.25, 0.3) is 5.57 Å². The van der Waals surface area contributed by atoms with E-state index in [9.17, 15) is 0 Å². The number of hydrogen-bond acceptors (Lipinski definition) is 1. The van der Waals surface area contributed by atoms with Gasteiger partial charge in [-0.3, -0.25) is 0 Å². The Bertz CT molecular complexity index is 246. The van der Waals surface area contributed by atoms with E-state index in [0.717, 1.165) is 11.1 Å². The molecule has 1 rings (SSSR count). The van der Waals surface area contributed by atoms with Crippen molar-refractivity contribution in [3.05, 3.63) is 42.0 Å². The molecule has 0 amide bonds. The molecule has 1 aromatic carbocycles. The van der Waals surface area contributed by atoms with Crippen LogP contribution in [0.15, 0.2) is 30.8 Å². The molecule has 0 aliphatic carbocycles. The fourth-order valence-electron chi connectivity index (χ4n) is 0.925. The van der Waals surface area contributed by atoms with Crippen LogP contribution in [-0.4, -0.2) is 0 Å². The van der Waals surface area contributed by atoms with Gasteiger partial charge in [0.25, 0.3) is 0 Å². The molecule has 0 atom stereocenters. The average Bonchev–Trinajstić information content (AvgIpc) is 2.21. The number of rotatable bonds is 2. The molecule has 0 bridgehead atoms. The number of benzene rings is 1. The first kappa shape index (κ1) is 11.9. The summed E-state index contributed by atoms with van der Waals surface area (Å²) in [6, 6.07) is 8.16. The third-order valence-electron chi connectivity index (χ3n) is 1.68. The molecule has 0 radical (unpaired) electrons. The highest BCUT2D eigenvalue weighted by Crippen LogP contribution is 2.11. The van der Waals surface area contributed by atoms with Gasteiger partial charge in [-0.2, -0.15) is 0 Å². The molecule has 0 aliphatic rings. The normalized spacial score (nSPS) is 8.62. The molecule has 0 saturated heterocycles. The van der Waals surface area contributed by atoms with Gasteiger partial charge >= 0.3 is 0 Å². The first-order valence-electron chi connectivity index (χ1n) is 4.69. The van der Waals surface area contributed by atoms with Gasteiger partial charge in [-0.1, -0.05) is 50.3 Å². The third-order valence-corrected chi connectivity index (χ3v) is 1.68. The largest absolute Gasteiger partial charge is 0.326 e. The van der Waals surface area contributed by atoms with Crippen molar-refractivity contribution in [2.24, 2.45) is 5.73 Å². The molecule has 0 spiro atoms. The summed E-state index contributed by atoms with van der Waals surface area (Å²) in [6.45, 7) is 10.5. The van der Waals surface area contributed by atoms with Gasteiger partial charge in [0.2, 0.25) is 0 Å². The highest BCUT2D eigenvalue weighted by Gasteiger charge is 1.91. The summed E-state index contributed by atoms with van der Waals surface area (Å²) in [5, 5.41) is 0. The van der Waals surface area contributed by atoms with E-state index in [1.165, 1.54) is 5.56 Å². The molecular formula is C12H19N. The molecule has 0 unspecified atom stereocenters. The third kappa shape index (κ3) is 3.90. The first-order chi connectivity index (χ1) is 6.24. The summed E-state index contributed by atoms with van der Waals surface area (Å²) >= 11 is 0. The van der Waals surface area contributed by atoms with E-state index < -0.39 is 0 Å². The van der Waals surface area contributed by atoms with E-state index in [0.29, 0.717) is 6.54 Å². The Labute approximate surface area is 81.3 Å². The minimum atomic E-state index is 0.608. The Balaban J connectivity index is 0.000000671. The van der Waals surface area contributed by atoms with Crippen LogP contribution in [-0.2, 0) is 6.54 Å². The van der Waals surface area contributed by atoms with Crippen molar-refractivity contribution in [3.8, 4) is 0 Å². The Kier molecular flexibility index (Phi) is 5.90. The van der Waals surface area contributed by atoms with Gasteiger partial charge in [0.15, 0.2) is 0 Å². The maximum Gasteiger partial charge on any atom is 0.0178 e. The average molecular weight is 177 g/mol. The lowest BCUT2D eigenvalue weighted by Crippen LogP contribution is -1.95. The number of hydrogen-bond donors (Lipinski definition) is 1. The van der Waals surface area contributed by atoms with Crippen LogP contribution in [0.5, 0.6) is 0 Å². The van der Waals surface area contributed by atoms with Crippen molar-refractivity contribution in [3.63, 3.8) is 0 Å². The van der Waals surface area contributed by atoms with Crippen molar-refractivity contribution >= 4 is 5.57 Å². The molecular weight excluding hydrogens is 158 g/mol. The molecule has 0 aromatic heterocycles. The molecule has 13 heavy (non-hydrogen) atoms. The highest BCUT2D eigenvalue weighted by molar-refractivity contribution is 5.61. The smallest absolute Gasteiger partial charge is 0.0178 e. The van der Waals surface area contributed by atoms with Crippen LogP contribution >= 0.6 is 0 Å². The molecule has 1 nitrogen and oxygen atoms in total. The lowest BCUT2D eigenvalue weighted by atomic mass is 10.1. The zero-order chi connectivity index (χ0) is 10.3. The summed E-state index contributed by atoms with van der Waals surface area (Å²) in [5.74, 6) is 0. The first-order valence-corrected chi connectivity index (χ1v) is 4.69. The number of allylic oxidation sites excluding steroid dienone is 1. The van der Waals surface area contributed by atoms with Crippen LogP contribution in [0.2, 0.25) is 0 Å². The zero-order valence-electron chi connectivity index (χ0n) is 8.80. The van der Waals surface area contributed by atoms with Gasteiger partial charge in [-0.25, -0.2) is 0 Å². The predicted molar refractivity (Wildman–Crippen MR) is 60.4 cm³/mol. The van der Waals surface area contributed by atoms with Crippen molar-refractivity contribution < 1.29 is 0 Å². The van der Waals surface area contributed by atoms with Crippen LogP contribution < -0.4 is 5.73 Å². The Hall–Kier alpha value is -1.08. The molecule has 1 heteroatoms. The van der Waals surface area contributed by atoms with E-state index in [-0.39, 0.29) is 0 Å². The van der Waals surface area contributed by atoms with E-state index >= 15 is 0 Å². The fraction of sp³-hybridized carbons (Fsp3) is 0.333. The second-order valence-electron chi connectivity index (χ2n) is 2.68. The van der Waals surface area contributed by atoms with Gasteiger partial charge in [0.1, 0.15) is 0 Å². The molecule has 1 aromatic rings. The van der Waals surface area contributed by atoms with Gasteiger partial charge in [0, 0.05) is 6.54 Å². The van der Waals surface area contributed by atoms with E-state index in [1.807, 2.05) is 45.0 Å². The number of nitrogens with two attached hydrogens (primary N) is 1. The van der Waals surface area contributed by atoms with E-state index in [4.69, 9.17) is 5.73 Å². The lowest BCUT2D eigenvalue weighted by molar-refractivity contribution is 1.07. The molecule has 0 heterocycles. The Morgan fingerprint density at radius 1 is 1.23 bits per heavy atom. The molecule has 2 N–H and O–H groups in total. The zero-order valence-corrected chi connectivity index (χ0v) is 8.80. The topological polar surface area (TPSA) is 26.0 Å². The minimum Gasteiger partial charge on any atom is -0.326 e. The van der Waals surface area contributed by atoms with Crippen LogP contribution in [0.4, 0.5) is 0 Å². The SMILES string of the molecule is C=C(C)c1ccc(CN)cc1.CC. The Morgan fingerprint density at radius 2 is 1.69 bits per heavy atom. The molecule has 0 aliphatic heterocycles. The molecule has 0 saturated carbocycles. The van der Waals surface area contributed by atoms with Crippen LogP contribution in [0.1, 0.15) is 31.9 Å². The second kappa shape index (κ2) is 6.44. The second-order valence-corrected chi connectivity index (χ2v) is 2.68. The quantitative estimate of drug-likeness (QED) is 0.737. The summed E-state index contributed by atoms with van der Waals surface area (Å²) < 4.78 is 0. The van der Waals surface area contributed by atoms with E-state index in [2.05, 4.69) is 6.58 Å². The van der Waals surface area contributed by atoms with Crippen molar-refractivity contribution in [2.45, 2.75) is 27.3 Å². The van der Waals surface area contributed by atoms with Crippen molar-refractivity contribution in [1.82, 2.24) is 0 Å². The monoisotopic (exact) mass is 177 g/mol. The van der Waals surface area contributed by atoms with Crippen molar-refractivity contribution in [2.75, 3.05) is 0 Å². The molecule has 0 fully saturated rings. The Morgan fingerprint density at radius 3 is 2.00 bits per heavy atom. The highest BCUT2D eigenvalue weighted by atomic mass is 14.5. The lowest BCUT2D eigenvalue weighted by Gasteiger charge is -2.00. The van der Waals surface area contributed by atoms with Gasteiger partial charge in [-0.05, 0) is 18.1 Å². The minimum absolute atomic E-state index is 0.608. The van der Waals surface area contributed by atoms with E-state index in [1.54, 1.807) is 0 Å². The molecule has 72 valence electrons. The van der Waals surface area contributed by atoms with Gasteiger partial charge < -0.3 is 5.73 Å². The standard InChI is InChI=1S/C10H13N.C2H6/c1-8(2)10-5-3-9(7-11)4-6-10;1-2/h3-6H,1,7,11H2,2H3;1-2H3. The van der Waals surface area contributed by atoms with Crippen LogP contribution in [0.3, 0.4) is 0 Å². The maximum absolute atomic E-state index is 5.45. The van der Waals surface area contributed by atoms with Gasteiger partial charge in [-0.15, -0.1) is 0 Å². The van der Waals surface area contributed by atoms with Gasteiger partial charge in [0.05, 0.1) is 0 Å². The summed E-state index contributed by atoms with van der Waals surface area (Å²) in [6.07, 6.45) is 0. The predicted octanol–water partition coefficient (Wildman–Crippen LogP) is 3.20. The fourth-order valence-corrected chi connectivity index (χ4v) is 0.925. The maximum atomic E-state index is 5.45. The summed E-state index contributed by atoms with van der Waals surface area (Å²) in [5.41, 5.74) is 8.89. The van der Waals surface area contributed by atoms with Crippen LogP contribution in [0, 0.1) is 0 Å². The summed E-state index contributed by atoms with van der Waals surface area (Å²) in [7, 11) is 0. The van der Waals surface area contributed by atoms with Crippen molar-refractivity contribution in [1.29, 1.82) is 0 Å².